The first-order valence-electron chi connectivity index (χ1n) is 6.76. The Hall–Kier alpha value is 0.0900. The van der Waals surface area contributed by atoms with Gasteiger partial charge in [-0.15, -0.1) is 0 Å². The number of hydrogen-bond donors (Lipinski definition) is 0. The van der Waals surface area contributed by atoms with Crippen LogP contribution in [0.5, 0.6) is 5.75 Å². The van der Waals surface area contributed by atoms with Crippen molar-refractivity contribution in [1.82, 2.24) is 0 Å². The molecule has 0 bridgehead atoms. The fourth-order valence-electron chi connectivity index (χ4n) is 1.95. The van der Waals surface area contributed by atoms with Crippen LogP contribution in [0.2, 0.25) is 0 Å². The first-order valence-corrected chi connectivity index (χ1v) is 7.76. The molecule has 0 aliphatic rings. The summed E-state index contributed by atoms with van der Waals surface area (Å²) < 4.78 is 24.7. The van der Waals surface area contributed by atoms with Gasteiger partial charge in [-0.2, -0.15) is 0 Å². The van der Waals surface area contributed by atoms with Gasteiger partial charge >= 0.3 is 29.6 Å². The molecular formula is C14H21NaO4S. The third-order valence-electron chi connectivity index (χ3n) is 2.95. The molecule has 0 saturated heterocycles. The average Bonchev–Trinajstić information content (AvgIpc) is 2.41. The van der Waals surface area contributed by atoms with E-state index < -0.39 is 11.4 Å². The van der Waals surface area contributed by atoms with Crippen molar-refractivity contribution in [2.24, 2.45) is 0 Å². The maximum absolute atomic E-state index is 10.3. The van der Waals surface area contributed by atoms with Crippen molar-refractivity contribution >= 4 is 11.4 Å². The summed E-state index contributed by atoms with van der Waals surface area (Å²) in [6, 6.07) is 7.34. The minimum absolute atomic E-state index is 0. The molecule has 0 radical (unpaired) electrons. The van der Waals surface area contributed by atoms with Crippen LogP contribution in [0.25, 0.3) is 0 Å². The van der Waals surface area contributed by atoms with Crippen molar-refractivity contribution in [3.63, 3.8) is 0 Å². The molecule has 0 heterocycles. The van der Waals surface area contributed by atoms with E-state index in [1.807, 2.05) is 12.1 Å². The molecule has 1 atom stereocenters. The Labute approximate surface area is 146 Å². The van der Waals surface area contributed by atoms with Gasteiger partial charge in [-0.3, -0.25) is 0 Å². The number of para-hydroxylation sites is 1. The van der Waals surface area contributed by atoms with Crippen LogP contribution in [-0.2, 0) is 22.1 Å². The number of aryl methyl sites for hydroxylation is 1. The van der Waals surface area contributed by atoms with Gasteiger partial charge in [0.05, 0.1) is 0 Å². The number of hydrogen-bond acceptors (Lipinski definition) is 4. The molecule has 6 heteroatoms. The Bertz CT molecular complexity index is 387. The number of benzene rings is 1. The zero-order valence-electron chi connectivity index (χ0n) is 12.3. The van der Waals surface area contributed by atoms with Crippen LogP contribution in [0.1, 0.15) is 51.0 Å². The van der Waals surface area contributed by atoms with Crippen LogP contribution in [0, 0.1) is 0 Å². The van der Waals surface area contributed by atoms with E-state index in [2.05, 4.69) is 11.3 Å². The van der Waals surface area contributed by atoms with Crippen molar-refractivity contribution in [3.05, 3.63) is 29.8 Å². The summed E-state index contributed by atoms with van der Waals surface area (Å²) in [5.74, 6) is 0.472. The van der Waals surface area contributed by atoms with E-state index in [0.29, 0.717) is 5.75 Å². The third kappa shape index (κ3) is 9.10. The second kappa shape index (κ2) is 12.8. The van der Waals surface area contributed by atoms with Gasteiger partial charge < -0.3 is 9.44 Å². The van der Waals surface area contributed by atoms with E-state index in [4.69, 9.17) is 4.89 Å². The van der Waals surface area contributed by atoms with Gasteiger partial charge in [0.25, 0.3) is 0 Å². The molecule has 1 unspecified atom stereocenters. The van der Waals surface area contributed by atoms with Crippen LogP contribution in [0.3, 0.4) is 0 Å². The SMILES string of the molecule is CCCCCCCCc1ccccc1OOS(=O)[O-].[Na+]. The first kappa shape index (κ1) is 20.1. The smallest absolute Gasteiger partial charge is 0.747 e. The first-order chi connectivity index (χ1) is 9.24. The van der Waals surface area contributed by atoms with E-state index in [1.165, 1.54) is 32.1 Å². The van der Waals surface area contributed by atoms with Gasteiger partial charge in [0.2, 0.25) is 0 Å². The Morgan fingerprint density at radius 1 is 1.10 bits per heavy atom. The topological polar surface area (TPSA) is 58.6 Å². The molecule has 0 amide bonds. The fraction of sp³-hybridized carbons (Fsp3) is 0.571. The van der Waals surface area contributed by atoms with Crippen molar-refractivity contribution in [2.45, 2.75) is 51.9 Å². The summed E-state index contributed by atoms with van der Waals surface area (Å²) in [6.07, 6.45) is 8.21. The van der Waals surface area contributed by atoms with Crippen molar-refractivity contribution in [2.75, 3.05) is 0 Å². The largest absolute Gasteiger partial charge is 1.00 e. The molecule has 0 saturated carbocycles. The Morgan fingerprint density at radius 2 is 1.75 bits per heavy atom. The maximum Gasteiger partial charge on any atom is 1.00 e. The van der Waals surface area contributed by atoms with Gasteiger partial charge in [0, 0.05) is 0 Å². The molecule has 1 aromatic rings. The summed E-state index contributed by atoms with van der Waals surface area (Å²) in [5, 5.41) is 0. The van der Waals surface area contributed by atoms with Crippen LogP contribution in [0.4, 0.5) is 0 Å². The molecule has 1 aromatic carbocycles. The van der Waals surface area contributed by atoms with Crippen molar-refractivity contribution < 1.29 is 47.5 Å². The molecule has 0 N–H and O–H groups in total. The molecule has 108 valence electrons. The van der Waals surface area contributed by atoms with Crippen molar-refractivity contribution in [1.29, 1.82) is 0 Å². The maximum atomic E-state index is 10.3. The zero-order chi connectivity index (χ0) is 13.9. The molecule has 0 spiro atoms. The third-order valence-corrected chi connectivity index (χ3v) is 3.13. The van der Waals surface area contributed by atoms with Gasteiger partial charge in [-0.1, -0.05) is 61.6 Å². The monoisotopic (exact) mass is 308 g/mol. The Kier molecular flexibility index (Phi) is 12.9. The molecule has 0 aliphatic heterocycles. The second-order valence-electron chi connectivity index (χ2n) is 4.48. The number of unbranched alkanes of at least 4 members (excludes halogenated alkanes) is 5. The second-order valence-corrected chi connectivity index (χ2v) is 5.03. The molecular weight excluding hydrogens is 287 g/mol. The molecule has 20 heavy (non-hydrogen) atoms. The fourth-order valence-corrected chi connectivity index (χ4v) is 2.08. The molecule has 0 aromatic heterocycles. The summed E-state index contributed by atoms with van der Waals surface area (Å²) in [7, 11) is 0. The zero-order valence-corrected chi connectivity index (χ0v) is 15.1. The molecule has 4 nitrogen and oxygen atoms in total. The standard InChI is InChI=1S/C14H22O4S.Na/c1-2-3-4-5-6-7-10-13-11-8-9-12-14(13)17-18-19(15)16;/h8-9,11-12H,2-7,10H2,1H3,(H,15,16);/q;+1/p-1. The quantitative estimate of drug-likeness (QED) is 0.210. The minimum atomic E-state index is -2.66. The molecule has 0 aliphatic carbocycles. The van der Waals surface area contributed by atoms with Gasteiger partial charge in [-0.05, 0) is 24.5 Å². The number of rotatable bonds is 10. The Morgan fingerprint density at radius 3 is 2.45 bits per heavy atom. The predicted molar refractivity (Wildman–Crippen MR) is 74.2 cm³/mol. The Balaban J connectivity index is 0.00000361. The summed E-state index contributed by atoms with van der Waals surface area (Å²) in [6.45, 7) is 2.20. The van der Waals surface area contributed by atoms with Crippen molar-refractivity contribution in [3.8, 4) is 5.75 Å². The molecule has 0 fully saturated rings. The van der Waals surface area contributed by atoms with Crippen LogP contribution < -0.4 is 34.4 Å². The van der Waals surface area contributed by atoms with E-state index in [9.17, 15) is 8.76 Å². The van der Waals surface area contributed by atoms with E-state index in [1.54, 1.807) is 12.1 Å². The van der Waals surface area contributed by atoms with Crippen LogP contribution >= 0.6 is 0 Å². The van der Waals surface area contributed by atoms with E-state index >= 15 is 0 Å². The van der Waals surface area contributed by atoms with Crippen LogP contribution in [0.15, 0.2) is 24.3 Å². The van der Waals surface area contributed by atoms with E-state index in [0.717, 1.165) is 18.4 Å². The summed E-state index contributed by atoms with van der Waals surface area (Å²) >= 11 is -2.66. The summed E-state index contributed by atoms with van der Waals surface area (Å²) in [4.78, 5) is 4.78. The minimum Gasteiger partial charge on any atom is -0.747 e. The van der Waals surface area contributed by atoms with Crippen LogP contribution in [-0.4, -0.2) is 8.76 Å². The average molecular weight is 308 g/mol. The van der Waals surface area contributed by atoms with Gasteiger partial charge in [-0.25, -0.2) is 4.21 Å². The summed E-state index contributed by atoms with van der Waals surface area (Å²) in [5.41, 5.74) is 0.975. The van der Waals surface area contributed by atoms with E-state index in [-0.39, 0.29) is 29.6 Å². The van der Waals surface area contributed by atoms with Gasteiger partial charge in [0.1, 0.15) is 11.4 Å². The van der Waals surface area contributed by atoms with Gasteiger partial charge in [0.15, 0.2) is 5.75 Å². The predicted octanol–water partition coefficient (Wildman–Crippen LogP) is 0.698. The molecule has 1 rings (SSSR count). The normalized spacial score (nSPS) is 11.7.